The van der Waals surface area contributed by atoms with Crippen LogP contribution in [0.15, 0.2) is 59.7 Å². The number of rotatable bonds is 6. The Labute approximate surface area is 199 Å². The molecule has 10 nitrogen and oxygen atoms in total. The van der Waals surface area contributed by atoms with Crippen LogP contribution in [0.5, 0.6) is 0 Å². The van der Waals surface area contributed by atoms with Gasteiger partial charge in [-0.05, 0) is 12.1 Å². The third-order valence-corrected chi connectivity index (χ3v) is 5.93. The smallest absolute Gasteiger partial charge is 0.303 e. The van der Waals surface area contributed by atoms with E-state index >= 15 is 0 Å². The Morgan fingerprint density at radius 3 is 2.59 bits per heavy atom. The van der Waals surface area contributed by atoms with E-state index in [-0.39, 0.29) is 30.9 Å². The number of hydrogen-bond acceptors (Lipinski definition) is 7. The molecule has 0 bridgehead atoms. The lowest BCUT2D eigenvalue weighted by Crippen LogP contribution is -2.40. The fourth-order valence-electron chi connectivity index (χ4n) is 3.67. The quantitative estimate of drug-likeness (QED) is 0.278. The van der Waals surface area contributed by atoms with Crippen molar-refractivity contribution in [2.75, 3.05) is 11.4 Å². The molecule has 34 heavy (non-hydrogen) atoms. The van der Waals surface area contributed by atoms with Crippen LogP contribution in [0.4, 0.5) is 10.8 Å². The predicted molar refractivity (Wildman–Crippen MR) is 128 cm³/mol. The normalized spacial score (nSPS) is 14.4. The van der Waals surface area contributed by atoms with Crippen LogP contribution in [-0.2, 0) is 20.9 Å². The molecule has 0 spiro atoms. The Hall–Kier alpha value is -4.25. The van der Waals surface area contributed by atoms with Crippen molar-refractivity contribution in [3.63, 3.8) is 0 Å². The molecule has 2 amide bonds. The second-order valence-corrected chi connectivity index (χ2v) is 8.54. The number of aromatic nitrogens is 1. The first-order chi connectivity index (χ1) is 16.3. The molecule has 0 saturated carbocycles. The number of nitrogens with zero attached hydrogens (tertiary/aromatic N) is 3. The molecule has 1 aliphatic rings. The Bertz CT molecular complexity index is 1280. The number of hydrogen-bond donors (Lipinski definition) is 3. The molecule has 1 aliphatic heterocycles. The van der Waals surface area contributed by atoms with Crippen LogP contribution in [0.3, 0.4) is 0 Å². The molecule has 0 saturated heterocycles. The topological polar surface area (TPSA) is 153 Å². The molecular formula is C23H22N6O4S. The minimum atomic E-state index is -0.770. The molecule has 4 rings (SSSR count). The first-order valence-corrected chi connectivity index (χ1v) is 11.1. The standard InChI is InChI=1S/C23H22N6O4S/c1-13(30)33-20-15-6-2-3-7-16(15)21(32)29(18-9-5-4-8-17(18)20)12-19(31)26-10-14-11-27-23(34-14)28-22(24)25/h2-9,11,20H,10,12H2,1H3,(H,26,31)(H4,24,25,27,28). The SMILES string of the molecule is CC(=O)OC1c2ccccc2C(=O)N(CC(=O)NCc2cnc(N=C(N)N)s2)c2ccccc21. The van der Waals surface area contributed by atoms with Crippen LogP contribution >= 0.6 is 11.3 Å². The van der Waals surface area contributed by atoms with E-state index in [9.17, 15) is 14.4 Å². The second-order valence-electron chi connectivity index (χ2n) is 7.45. The highest BCUT2D eigenvalue weighted by molar-refractivity contribution is 7.15. The molecule has 1 unspecified atom stereocenters. The van der Waals surface area contributed by atoms with E-state index in [1.165, 1.54) is 23.2 Å². The number of aliphatic imine (C=N–C) groups is 1. The summed E-state index contributed by atoms with van der Waals surface area (Å²) in [5.74, 6) is -1.31. The van der Waals surface area contributed by atoms with Gasteiger partial charge >= 0.3 is 5.97 Å². The predicted octanol–water partition coefficient (Wildman–Crippen LogP) is 1.98. The molecule has 1 atom stereocenters. The van der Waals surface area contributed by atoms with Crippen molar-refractivity contribution in [3.8, 4) is 0 Å². The summed E-state index contributed by atoms with van der Waals surface area (Å²) in [6.07, 6.45) is 0.798. The van der Waals surface area contributed by atoms with Crippen molar-refractivity contribution in [3.05, 3.63) is 76.3 Å². The van der Waals surface area contributed by atoms with Gasteiger partial charge in [0.15, 0.2) is 12.1 Å². The van der Waals surface area contributed by atoms with E-state index in [1.807, 2.05) is 0 Å². The number of esters is 1. The molecule has 3 aromatic rings. The van der Waals surface area contributed by atoms with Gasteiger partial charge in [-0.15, -0.1) is 0 Å². The molecule has 2 aromatic carbocycles. The number of nitrogens with one attached hydrogen (secondary N) is 1. The number of nitrogens with two attached hydrogens (primary N) is 2. The number of carbonyl (C=O) groups is 3. The van der Waals surface area contributed by atoms with Gasteiger partial charge in [0, 0.05) is 34.7 Å². The Morgan fingerprint density at radius 1 is 1.15 bits per heavy atom. The third-order valence-electron chi connectivity index (χ3n) is 5.04. The van der Waals surface area contributed by atoms with Gasteiger partial charge in [0.25, 0.3) is 5.91 Å². The maximum absolute atomic E-state index is 13.5. The van der Waals surface area contributed by atoms with E-state index < -0.39 is 12.1 Å². The lowest BCUT2D eigenvalue weighted by Gasteiger charge is -2.23. The number of ether oxygens (including phenoxy) is 1. The Morgan fingerprint density at radius 2 is 1.85 bits per heavy atom. The van der Waals surface area contributed by atoms with Crippen molar-refractivity contribution < 1.29 is 19.1 Å². The summed E-state index contributed by atoms with van der Waals surface area (Å²) >= 11 is 1.24. The van der Waals surface area contributed by atoms with Crippen molar-refractivity contribution in [1.82, 2.24) is 10.3 Å². The van der Waals surface area contributed by atoms with E-state index in [0.29, 0.717) is 27.5 Å². The molecule has 174 valence electrons. The van der Waals surface area contributed by atoms with E-state index in [0.717, 1.165) is 4.88 Å². The molecule has 5 N–H and O–H groups in total. The molecule has 2 heterocycles. The highest BCUT2D eigenvalue weighted by atomic mass is 32.1. The number of anilines is 1. The monoisotopic (exact) mass is 478 g/mol. The number of guanidine groups is 1. The number of fused-ring (bicyclic) bond motifs is 2. The van der Waals surface area contributed by atoms with Gasteiger partial charge in [-0.1, -0.05) is 47.7 Å². The van der Waals surface area contributed by atoms with Crippen LogP contribution in [-0.4, -0.2) is 35.3 Å². The summed E-state index contributed by atoms with van der Waals surface area (Å²) in [6.45, 7) is 1.30. The number of para-hydroxylation sites is 1. The fraction of sp³-hybridized carbons (Fsp3) is 0.174. The minimum absolute atomic E-state index is 0.101. The Kier molecular flexibility index (Phi) is 6.55. The largest absolute Gasteiger partial charge is 0.453 e. The summed E-state index contributed by atoms with van der Waals surface area (Å²) < 4.78 is 5.61. The first kappa shape index (κ1) is 22.9. The highest BCUT2D eigenvalue weighted by Crippen LogP contribution is 2.39. The fourth-order valence-corrected chi connectivity index (χ4v) is 4.41. The zero-order chi connectivity index (χ0) is 24.2. The van der Waals surface area contributed by atoms with Crippen LogP contribution in [0.1, 0.15) is 39.4 Å². The van der Waals surface area contributed by atoms with E-state index in [2.05, 4.69) is 15.3 Å². The van der Waals surface area contributed by atoms with Crippen LogP contribution < -0.4 is 21.7 Å². The van der Waals surface area contributed by atoms with Gasteiger partial charge < -0.3 is 21.5 Å². The number of amides is 2. The summed E-state index contributed by atoms with van der Waals surface area (Å²) in [5, 5.41) is 3.18. The summed E-state index contributed by atoms with van der Waals surface area (Å²) in [5.41, 5.74) is 12.8. The zero-order valence-electron chi connectivity index (χ0n) is 18.2. The van der Waals surface area contributed by atoms with Gasteiger partial charge in [-0.3, -0.25) is 19.3 Å². The molecule has 0 radical (unpaired) electrons. The Balaban J connectivity index is 1.60. The second kappa shape index (κ2) is 9.71. The molecular weight excluding hydrogens is 456 g/mol. The van der Waals surface area contributed by atoms with Gasteiger partial charge in [-0.25, -0.2) is 4.98 Å². The van der Waals surface area contributed by atoms with Gasteiger partial charge in [-0.2, -0.15) is 4.99 Å². The number of benzene rings is 2. The van der Waals surface area contributed by atoms with Gasteiger partial charge in [0.05, 0.1) is 12.2 Å². The van der Waals surface area contributed by atoms with Crippen LogP contribution in [0.2, 0.25) is 0 Å². The first-order valence-electron chi connectivity index (χ1n) is 10.3. The maximum atomic E-state index is 13.5. The summed E-state index contributed by atoms with van der Waals surface area (Å²) in [4.78, 5) is 48.3. The van der Waals surface area contributed by atoms with E-state index in [4.69, 9.17) is 16.2 Å². The summed E-state index contributed by atoms with van der Waals surface area (Å²) in [6, 6.07) is 14.0. The number of carbonyl (C=O) groups excluding carboxylic acids is 3. The number of thiazole rings is 1. The molecule has 0 fully saturated rings. The minimum Gasteiger partial charge on any atom is -0.453 e. The molecule has 0 aliphatic carbocycles. The van der Waals surface area contributed by atoms with Crippen LogP contribution in [0.25, 0.3) is 0 Å². The maximum Gasteiger partial charge on any atom is 0.303 e. The van der Waals surface area contributed by atoms with Crippen LogP contribution in [0, 0.1) is 0 Å². The van der Waals surface area contributed by atoms with Gasteiger partial charge in [0.2, 0.25) is 11.0 Å². The van der Waals surface area contributed by atoms with Crippen molar-refractivity contribution in [2.24, 2.45) is 16.5 Å². The van der Waals surface area contributed by atoms with Gasteiger partial charge in [0.1, 0.15) is 6.54 Å². The average Bonchev–Trinajstić information content (AvgIpc) is 3.22. The third kappa shape index (κ3) is 4.89. The molecule has 11 heteroatoms. The van der Waals surface area contributed by atoms with Crippen molar-refractivity contribution in [1.29, 1.82) is 0 Å². The highest BCUT2D eigenvalue weighted by Gasteiger charge is 2.34. The van der Waals surface area contributed by atoms with Crippen molar-refractivity contribution >= 4 is 45.9 Å². The molecule has 1 aromatic heterocycles. The summed E-state index contributed by atoms with van der Waals surface area (Å²) in [7, 11) is 0. The van der Waals surface area contributed by atoms with Crippen molar-refractivity contribution in [2.45, 2.75) is 19.6 Å². The average molecular weight is 479 g/mol. The lowest BCUT2D eigenvalue weighted by atomic mass is 9.97. The lowest BCUT2D eigenvalue weighted by molar-refractivity contribution is -0.144. The van der Waals surface area contributed by atoms with E-state index in [1.54, 1.807) is 54.7 Å². The zero-order valence-corrected chi connectivity index (χ0v) is 19.0.